The SMILES string of the molecule is COc1cc(C)cc2cc(-c3c(COCCN)cn4ncnc(N)c34)sc12.Cl.Cl. The molecule has 4 N–H and O–H groups in total. The zero-order valence-corrected chi connectivity index (χ0v) is 18.5. The van der Waals surface area contributed by atoms with E-state index in [2.05, 4.69) is 29.1 Å². The van der Waals surface area contributed by atoms with Crippen LogP contribution in [-0.4, -0.2) is 34.9 Å². The largest absolute Gasteiger partial charge is 0.495 e. The number of rotatable bonds is 6. The molecule has 0 aliphatic heterocycles. The third-order valence-electron chi connectivity index (χ3n) is 4.39. The van der Waals surface area contributed by atoms with Gasteiger partial charge in [-0.2, -0.15) is 5.10 Å². The quantitative estimate of drug-likeness (QED) is 0.428. The van der Waals surface area contributed by atoms with Gasteiger partial charge in [-0.05, 0) is 30.0 Å². The van der Waals surface area contributed by atoms with Gasteiger partial charge < -0.3 is 20.9 Å². The fraction of sp³-hybridized carbons (Fsp3) is 0.263. The van der Waals surface area contributed by atoms with Crippen molar-refractivity contribution >= 4 is 57.6 Å². The van der Waals surface area contributed by atoms with E-state index in [0.29, 0.717) is 25.6 Å². The van der Waals surface area contributed by atoms with Gasteiger partial charge in [0.2, 0.25) is 0 Å². The predicted molar refractivity (Wildman–Crippen MR) is 123 cm³/mol. The Kier molecular flexibility index (Phi) is 7.67. The van der Waals surface area contributed by atoms with Crippen LogP contribution in [0.15, 0.2) is 30.7 Å². The van der Waals surface area contributed by atoms with Crippen LogP contribution in [0.5, 0.6) is 5.75 Å². The Hall–Kier alpha value is -2.10. The number of nitrogen functional groups attached to an aromatic ring is 1. The van der Waals surface area contributed by atoms with Gasteiger partial charge in [0.15, 0.2) is 5.82 Å². The van der Waals surface area contributed by atoms with Crippen molar-refractivity contribution in [2.75, 3.05) is 26.0 Å². The van der Waals surface area contributed by atoms with Crippen molar-refractivity contribution in [3.05, 3.63) is 41.9 Å². The molecule has 3 heterocycles. The van der Waals surface area contributed by atoms with Crippen LogP contribution in [-0.2, 0) is 11.3 Å². The molecule has 1 aromatic carbocycles. The molecule has 0 radical (unpaired) electrons. The number of nitrogens with two attached hydrogens (primary N) is 2. The summed E-state index contributed by atoms with van der Waals surface area (Å²) in [5.74, 6) is 1.31. The van der Waals surface area contributed by atoms with Crippen LogP contribution in [0.1, 0.15) is 11.1 Å². The van der Waals surface area contributed by atoms with Crippen LogP contribution >= 0.6 is 36.2 Å². The van der Waals surface area contributed by atoms with Gasteiger partial charge in [-0.1, -0.05) is 6.07 Å². The minimum absolute atomic E-state index is 0. The summed E-state index contributed by atoms with van der Waals surface area (Å²) in [5.41, 5.74) is 15.7. The van der Waals surface area contributed by atoms with Crippen molar-refractivity contribution in [1.29, 1.82) is 0 Å². The van der Waals surface area contributed by atoms with E-state index in [1.165, 1.54) is 6.33 Å². The lowest BCUT2D eigenvalue weighted by Gasteiger charge is -2.04. The maximum Gasteiger partial charge on any atom is 0.152 e. The highest BCUT2D eigenvalue weighted by Gasteiger charge is 2.19. The topological polar surface area (TPSA) is 101 Å². The molecule has 3 aromatic heterocycles. The van der Waals surface area contributed by atoms with E-state index in [1.54, 1.807) is 23.0 Å². The van der Waals surface area contributed by atoms with Crippen LogP contribution in [0.3, 0.4) is 0 Å². The smallest absolute Gasteiger partial charge is 0.152 e. The molecule has 0 amide bonds. The number of thiophene rings is 1. The van der Waals surface area contributed by atoms with E-state index in [0.717, 1.165) is 42.9 Å². The van der Waals surface area contributed by atoms with Gasteiger partial charge in [-0.3, -0.25) is 0 Å². The maximum absolute atomic E-state index is 6.18. The van der Waals surface area contributed by atoms with Gasteiger partial charge in [0.1, 0.15) is 17.6 Å². The Balaban J connectivity index is 0.00000150. The molecule has 0 unspecified atom stereocenters. The minimum atomic E-state index is 0. The van der Waals surface area contributed by atoms with Crippen molar-refractivity contribution in [1.82, 2.24) is 14.6 Å². The lowest BCUT2D eigenvalue weighted by molar-refractivity contribution is 0.128. The zero-order valence-electron chi connectivity index (χ0n) is 16.0. The normalized spacial score (nSPS) is 10.7. The van der Waals surface area contributed by atoms with Gasteiger partial charge >= 0.3 is 0 Å². The first-order valence-electron chi connectivity index (χ1n) is 8.59. The van der Waals surface area contributed by atoms with E-state index >= 15 is 0 Å². The van der Waals surface area contributed by atoms with Gasteiger partial charge in [-0.15, -0.1) is 36.2 Å². The average molecular weight is 456 g/mol. The first-order chi connectivity index (χ1) is 13.1. The van der Waals surface area contributed by atoms with Gasteiger partial charge in [-0.25, -0.2) is 9.50 Å². The minimum Gasteiger partial charge on any atom is -0.495 e. The number of hydrogen-bond acceptors (Lipinski definition) is 7. The van der Waals surface area contributed by atoms with E-state index < -0.39 is 0 Å². The summed E-state index contributed by atoms with van der Waals surface area (Å²) >= 11 is 1.66. The molecule has 0 aliphatic carbocycles. The molecule has 0 aliphatic rings. The summed E-state index contributed by atoms with van der Waals surface area (Å²) in [6.07, 6.45) is 3.39. The van der Waals surface area contributed by atoms with Crippen molar-refractivity contribution in [2.24, 2.45) is 5.73 Å². The van der Waals surface area contributed by atoms with E-state index in [9.17, 15) is 0 Å². The molecule has 0 saturated heterocycles. The lowest BCUT2D eigenvalue weighted by atomic mass is 10.1. The zero-order chi connectivity index (χ0) is 19.0. The Bertz CT molecular complexity index is 1130. The molecule has 0 bridgehead atoms. The highest BCUT2D eigenvalue weighted by atomic mass is 35.5. The first-order valence-corrected chi connectivity index (χ1v) is 9.41. The first kappa shape index (κ1) is 23.2. The number of halogens is 2. The molecule has 4 aromatic rings. The molecule has 0 atom stereocenters. The third-order valence-corrected chi connectivity index (χ3v) is 5.58. The Morgan fingerprint density at radius 2 is 2.00 bits per heavy atom. The summed E-state index contributed by atoms with van der Waals surface area (Å²) in [6.45, 7) is 3.46. The predicted octanol–water partition coefficient (Wildman–Crippen LogP) is 3.83. The number of methoxy groups -OCH3 is 1. The average Bonchev–Trinajstić information content (AvgIpc) is 3.22. The summed E-state index contributed by atoms with van der Waals surface area (Å²) in [7, 11) is 1.69. The van der Waals surface area contributed by atoms with Crippen molar-refractivity contribution in [3.8, 4) is 16.2 Å². The number of nitrogens with zero attached hydrogens (tertiary/aromatic N) is 3. The Labute approximate surface area is 184 Å². The Morgan fingerprint density at radius 1 is 1.21 bits per heavy atom. The van der Waals surface area contributed by atoms with Gasteiger partial charge in [0, 0.05) is 28.7 Å². The van der Waals surface area contributed by atoms with Crippen molar-refractivity contribution in [3.63, 3.8) is 0 Å². The summed E-state index contributed by atoms with van der Waals surface area (Å²) in [4.78, 5) is 5.24. The molecule has 0 fully saturated rings. The number of ether oxygens (including phenoxy) is 2. The summed E-state index contributed by atoms with van der Waals surface area (Å²) in [5, 5.41) is 5.44. The molecular weight excluding hydrogens is 433 g/mol. The second kappa shape index (κ2) is 9.60. The number of aromatic nitrogens is 3. The van der Waals surface area contributed by atoms with E-state index in [-0.39, 0.29) is 24.8 Å². The van der Waals surface area contributed by atoms with E-state index in [4.69, 9.17) is 20.9 Å². The second-order valence-electron chi connectivity index (χ2n) is 6.31. The fourth-order valence-electron chi connectivity index (χ4n) is 3.27. The fourth-order valence-corrected chi connectivity index (χ4v) is 4.49. The molecule has 4 rings (SSSR count). The van der Waals surface area contributed by atoms with Crippen molar-refractivity contribution in [2.45, 2.75) is 13.5 Å². The second-order valence-corrected chi connectivity index (χ2v) is 7.36. The molecule has 0 spiro atoms. The molecule has 29 heavy (non-hydrogen) atoms. The Morgan fingerprint density at radius 3 is 2.72 bits per heavy atom. The molecular formula is C19H23Cl2N5O2S. The van der Waals surface area contributed by atoms with Gasteiger partial charge in [0.05, 0.1) is 25.0 Å². The highest BCUT2D eigenvalue weighted by molar-refractivity contribution is 7.22. The highest BCUT2D eigenvalue weighted by Crippen LogP contribution is 2.43. The van der Waals surface area contributed by atoms with E-state index in [1.807, 2.05) is 12.3 Å². The van der Waals surface area contributed by atoms with Crippen LogP contribution in [0.2, 0.25) is 0 Å². The van der Waals surface area contributed by atoms with Crippen LogP contribution < -0.4 is 16.2 Å². The van der Waals surface area contributed by atoms with Crippen LogP contribution in [0.25, 0.3) is 26.0 Å². The number of anilines is 1. The number of aryl methyl sites for hydroxylation is 1. The van der Waals surface area contributed by atoms with Crippen LogP contribution in [0.4, 0.5) is 5.82 Å². The standard InChI is InChI=1S/C19H21N5O2S.2ClH/c1-11-5-12-7-15(27-18(12)14(6-11)25-2)16-13(9-26-4-3-20)8-24-17(16)19(21)22-10-23-24;;/h5-8,10H,3-4,9,20H2,1-2H3,(H2,21,22,23);2*1H. The number of benzene rings is 1. The maximum atomic E-state index is 6.18. The monoisotopic (exact) mass is 455 g/mol. The third kappa shape index (κ3) is 4.26. The summed E-state index contributed by atoms with van der Waals surface area (Å²) < 4.78 is 14.1. The number of fused-ring (bicyclic) bond motifs is 2. The molecule has 10 heteroatoms. The molecule has 156 valence electrons. The van der Waals surface area contributed by atoms with Crippen LogP contribution in [0, 0.1) is 6.92 Å². The molecule has 0 saturated carbocycles. The number of hydrogen-bond donors (Lipinski definition) is 2. The molecule has 7 nitrogen and oxygen atoms in total. The lowest BCUT2D eigenvalue weighted by Crippen LogP contribution is -2.08. The summed E-state index contributed by atoms with van der Waals surface area (Å²) in [6, 6.07) is 6.35. The van der Waals surface area contributed by atoms with Gasteiger partial charge in [0.25, 0.3) is 0 Å². The van der Waals surface area contributed by atoms with Crippen molar-refractivity contribution < 1.29 is 9.47 Å².